The van der Waals surface area contributed by atoms with Gasteiger partial charge in [0.25, 0.3) is 0 Å². The molecular formula is C14H26. The fraction of sp³-hybridized carbons (Fsp3) is 0.714. The van der Waals surface area contributed by atoms with Gasteiger partial charge in [0.15, 0.2) is 0 Å². The quantitative estimate of drug-likeness (QED) is 0.347. The monoisotopic (exact) mass is 194 g/mol. The summed E-state index contributed by atoms with van der Waals surface area (Å²) in [7, 11) is 0. The summed E-state index contributed by atoms with van der Waals surface area (Å²) in [5, 5.41) is 0. The smallest absolute Gasteiger partial charge is 0.0351 e. The maximum absolute atomic E-state index is 2.35. The van der Waals surface area contributed by atoms with Crippen LogP contribution in [-0.4, -0.2) is 0 Å². The molecule has 0 spiro atoms. The van der Waals surface area contributed by atoms with Crippen LogP contribution in [0.2, 0.25) is 0 Å². The molecule has 0 N–H and O–H groups in total. The van der Waals surface area contributed by atoms with Crippen LogP contribution in [0.4, 0.5) is 0 Å². The van der Waals surface area contributed by atoms with Crippen molar-refractivity contribution >= 4 is 0 Å². The minimum atomic E-state index is 1.25. The molecule has 0 aromatic rings. The molecule has 0 radical (unpaired) electrons. The van der Waals surface area contributed by atoms with Crippen molar-refractivity contribution in [1.82, 2.24) is 0 Å². The number of hydrogen-bond donors (Lipinski definition) is 0. The predicted octanol–water partition coefficient (Wildman–Crippen LogP) is 5.26. The van der Waals surface area contributed by atoms with Crippen LogP contribution in [0, 0.1) is 0 Å². The molecule has 0 amide bonds. The molecule has 0 bridgehead atoms. The van der Waals surface area contributed by atoms with E-state index in [1.54, 1.807) is 0 Å². The highest BCUT2D eigenvalue weighted by Crippen LogP contribution is 2.04. The second-order valence-electron chi connectivity index (χ2n) is 3.82. The molecule has 0 nitrogen and oxygen atoms in total. The fourth-order valence-corrected chi connectivity index (χ4v) is 1.44. The normalized spacial score (nSPS) is 11.9. The molecule has 0 saturated carbocycles. The van der Waals surface area contributed by atoms with Gasteiger partial charge in [0.2, 0.25) is 0 Å². The Bertz CT molecular complexity index is 142. The van der Waals surface area contributed by atoms with Crippen LogP contribution in [0.1, 0.15) is 65.2 Å². The number of hydrogen-bond acceptors (Lipinski definition) is 0. The Labute approximate surface area is 90.1 Å². The van der Waals surface area contributed by atoms with Crippen molar-refractivity contribution in [3.63, 3.8) is 0 Å². The van der Waals surface area contributed by atoms with Crippen LogP contribution < -0.4 is 0 Å². The van der Waals surface area contributed by atoms with E-state index < -0.39 is 0 Å². The van der Waals surface area contributed by atoms with Gasteiger partial charge in [-0.1, -0.05) is 44.1 Å². The summed E-state index contributed by atoms with van der Waals surface area (Å²) < 4.78 is 0. The molecule has 0 aliphatic carbocycles. The number of unbranched alkanes of at least 4 members (excludes halogenated alkanes) is 6. The Kier molecular flexibility index (Phi) is 12.0. The van der Waals surface area contributed by atoms with Crippen molar-refractivity contribution in [1.29, 1.82) is 0 Å². The Morgan fingerprint density at radius 3 is 1.71 bits per heavy atom. The van der Waals surface area contributed by atoms with E-state index in [4.69, 9.17) is 0 Å². The summed E-state index contributed by atoms with van der Waals surface area (Å²) >= 11 is 0. The van der Waals surface area contributed by atoms with E-state index in [1.165, 1.54) is 51.4 Å². The van der Waals surface area contributed by atoms with E-state index in [0.717, 1.165) is 0 Å². The second-order valence-corrected chi connectivity index (χ2v) is 3.82. The van der Waals surface area contributed by atoms with E-state index >= 15 is 0 Å². The zero-order valence-corrected chi connectivity index (χ0v) is 9.97. The van der Waals surface area contributed by atoms with E-state index in [9.17, 15) is 0 Å². The lowest BCUT2D eigenvalue weighted by atomic mass is 10.1. The van der Waals surface area contributed by atoms with E-state index in [2.05, 4.69) is 38.2 Å². The first-order valence-electron chi connectivity index (χ1n) is 6.18. The molecule has 0 heteroatoms. The van der Waals surface area contributed by atoms with Gasteiger partial charge in [0.1, 0.15) is 0 Å². The third kappa shape index (κ3) is 11.5. The van der Waals surface area contributed by atoms with Gasteiger partial charge in [0.05, 0.1) is 0 Å². The van der Waals surface area contributed by atoms with Crippen molar-refractivity contribution in [2.75, 3.05) is 0 Å². The summed E-state index contributed by atoms with van der Waals surface area (Å²) in [6.45, 7) is 4.35. The molecule has 0 unspecified atom stereocenters. The van der Waals surface area contributed by atoms with Crippen LogP contribution in [-0.2, 0) is 0 Å². The third-order valence-corrected chi connectivity index (χ3v) is 2.37. The first-order valence-corrected chi connectivity index (χ1v) is 6.18. The Balaban J connectivity index is 3.03. The van der Waals surface area contributed by atoms with Gasteiger partial charge in [-0.25, -0.2) is 0 Å². The highest BCUT2D eigenvalue weighted by Gasteiger charge is 1.84. The molecule has 14 heavy (non-hydrogen) atoms. The molecule has 0 aliphatic heterocycles. The zero-order chi connectivity index (χ0) is 10.5. The molecule has 0 aromatic heterocycles. The SMILES string of the molecule is CC=CCCCCC=CCCCCC. The average Bonchev–Trinajstić information content (AvgIpc) is 2.21. The first kappa shape index (κ1) is 13.5. The van der Waals surface area contributed by atoms with Crippen molar-refractivity contribution in [2.45, 2.75) is 65.2 Å². The van der Waals surface area contributed by atoms with Crippen LogP contribution in [0.25, 0.3) is 0 Å². The van der Waals surface area contributed by atoms with Gasteiger partial charge in [-0.15, -0.1) is 0 Å². The van der Waals surface area contributed by atoms with Crippen molar-refractivity contribution in [2.24, 2.45) is 0 Å². The van der Waals surface area contributed by atoms with Crippen LogP contribution in [0.5, 0.6) is 0 Å². The molecule has 0 saturated heterocycles. The fourth-order valence-electron chi connectivity index (χ4n) is 1.44. The minimum Gasteiger partial charge on any atom is -0.0917 e. The van der Waals surface area contributed by atoms with Gasteiger partial charge < -0.3 is 0 Å². The largest absolute Gasteiger partial charge is 0.0917 e. The second kappa shape index (κ2) is 12.5. The lowest BCUT2D eigenvalue weighted by Crippen LogP contribution is -1.73. The third-order valence-electron chi connectivity index (χ3n) is 2.37. The van der Waals surface area contributed by atoms with Crippen LogP contribution >= 0.6 is 0 Å². The first-order chi connectivity index (χ1) is 6.91. The minimum absolute atomic E-state index is 1.25. The lowest BCUT2D eigenvalue weighted by molar-refractivity contribution is 0.723. The molecule has 0 aliphatic rings. The number of allylic oxidation sites excluding steroid dienone is 4. The standard InChI is InChI=1S/C14H26/c1-3-5-7-9-11-13-14-12-10-8-6-4-2/h3,5,12,14H,4,6-11,13H2,1-2H3. The lowest BCUT2D eigenvalue weighted by Gasteiger charge is -1.94. The van der Waals surface area contributed by atoms with Gasteiger partial charge in [-0.2, -0.15) is 0 Å². The van der Waals surface area contributed by atoms with Gasteiger partial charge in [-0.3, -0.25) is 0 Å². The predicted molar refractivity (Wildman–Crippen MR) is 66.6 cm³/mol. The summed E-state index contributed by atoms with van der Waals surface area (Å²) in [6, 6.07) is 0. The van der Waals surface area contributed by atoms with Crippen LogP contribution in [0.3, 0.4) is 0 Å². The summed E-state index contributed by atoms with van der Waals surface area (Å²) in [5.41, 5.74) is 0. The van der Waals surface area contributed by atoms with E-state index in [1.807, 2.05) is 0 Å². The van der Waals surface area contributed by atoms with Crippen molar-refractivity contribution in [3.05, 3.63) is 24.3 Å². The Hall–Kier alpha value is -0.520. The van der Waals surface area contributed by atoms with Gasteiger partial charge >= 0.3 is 0 Å². The molecule has 0 heterocycles. The highest BCUT2D eigenvalue weighted by atomic mass is 13.9. The van der Waals surface area contributed by atoms with Crippen molar-refractivity contribution in [3.8, 4) is 0 Å². The molecule has 82 valence electrons. The van der Waals surface area contributed by atoms with E-state index in [0.29, 0.717) is 0 Å². The summed E-state index contributed by atoms with van der Waals surface area (Å²) in [6.07, 6.45) is 19.7. The maximum Gasteiger partial charge on any atom is -0.0351 e. The van der Waals surface area contributed by atoms with E-state index in [-0.39, 0.29) is 0 Å². The molecule has 0 rings (SSSR count). The Morgan fingerprint density at radius 1 is 0.714 bits per heavy atom. The maximum atomic E-state index is 2.35. The average molecular weight is 194 g/mol. The van der Waals surface area contributed by atoms with Gasteiger partial charge in [0, 0.05) is 0 Å². The van der Waals surface area contributed by atoms with Gasteiger partial charge in [-0.05, 0) is 45.4 Å². The molecule has 0 atom stereocenters. The topological polar surface area (TPSA) is 0 Å². The zero-order valence-electron chi connectivity index (χ0n) is 9.97. The molecule has 0 fully saturated rings. The Morgan fingerprint density at radius 2 is 1.21 bits per heavy atom. The highest BCUT2D eigenvalue weighted by molar-refractivity contribution is 4.82. The summed E-state index contributed by atoms with van der Waals surface area (Å²) in [4.78, 5) is 0. The van der Waals surface area contributed by atoms with Crippen molar-refractivity contribution < 1.29 is 0 Å². The molecule has 0 aromatic carbocycles. The summed E-state index contributed by atoms with van der Waals surface area (Å²) in [5.74, 6) is 0. The molecular weight excluding hydrogens is 168 g/mol. The van der Waals surface area contributed by atoms with Crippen LogP contribution in [0.15, 0.2) is 24.3 Å². The number of rotatable bonds is 9.